The van der Waals surface area contributed by atoms with Gasteiger partial charge in [-0.15, -0.1) is 0 Å². The van der Waals surface area contributed by atoms with Gasteiger partial charge in [-0.3, -0.25) is 0 Å². The van der Waals surface area contributed by atoms with E-state index < -0.39 is 22.6 Å². The van der Waals surface area contributed by atoms with Gasteiger partial charge in [-0.1, -0.05) is 0 Å². The van der Waals surface area contributed by atoms with E-state index in [4.69, 9.17) is 5.73 Å². The van der Waals surface area contributed by atoms with E-state index in [1.165, 1.54) is 0 Å². The second-order valence-electron chi connectivity index (χ2n) is 8.23. The fourth-order valence-corrected chi connectivity index (χ4v) is 7.29. The summed E-state index contributed by atoms with van der Waals surface area (Å²) < 4.78 is 64.3. The minimum absolute atomic E-state index is 0.0659. The fourth-order valence-electron chi connectivity index (χ4n) is 4.89. The first-order valence-corrected chi connectivity index (χ1v) is 11.3. The van der Waals surface area contributed by atoms with E-state index >= 15 is 0 Å². The zero-order valence-electron chi connectivity index (χ0n) is 15.1. The zero-order valence-corrected chi connectivity index (χ0v) is 15.9. The summed E-state index contributed by atoms with van der Waals surface area (Å²) in [6, 6.07) is 0.242. The summed E-state index contributed by atoms with van der Waals surface area (Å²) in [6.07, 6.45) is 0.0981. The molecule has 1 unspecified atom stereocenters. The van der Waals surface area contributed by atoms with Crippen molar-refractivity contribution < 1.29 is 21.6 Å². The maximum atomic E-state index is 12.9. The molecule has 3 fully saturated rings. The molecular formula is C17H30F3N3O2S. The van der Waals surface area contributed by atoms with Gasteiger partial charge in [0.1, 0.15) is 0 Å². The average Bonchev–Trinajstić information content (AvgIpc) is 2.81. The molecule has 0 amide bonds. The number of piperidine rings is 2. The van der Waals surface area contributed by atoms with Gasteiger partial charge in [0, 0.05) is 24.5 Å². The van der Waals surface area contributed by atoms with Crippen LogP contribution in [0.15, 0.2) is 0 Å². The number of nitrogens with zero attached hydrogens (tertiary/aromatic N) is 2. The summed E-state index contributed by atoms with van der Waals surface area (Å²) in [6.45, 7) is 1.82. The largest absolute Gasteiger partial charge is 0.389 e. The van der Waals surface area contributed by atoms with Crippen LogP contribution in [0.4, 0.5) is 13.2 Å². The minimum Gasteiger partial charge on any atom is -0.328 e. The number of likely N-dealkylation sites (tertiary alicyclic amines) is 1. The maximum absolute atomic E-state index is 12.9. The summed E-state index contributed by atoms with van der Waals surface area (Å²) in [5.41, 5.74) is 6.03. The Morgan fingerprint density at radius 1 is 1.00 bits per heavy atom. The van der Waals surface area contributed by atoms with Gasteiger partial charge < -0.3 is 10.6 Å². The van der Waals surface area contributed by atoms with E-state index in [-0.39, 0.29) is 36.2 Å². The Morgan fingerprint density at radius 3 is 2.12 bits per heavy atom. The first kappa shape index (κ1) is 20.4. The molecule has 0 spiro atoms. The lowest BCUT2D eigenvalue weighted by atomic mass is 9.99. The Balaban J connectivity index is 1.45. The summed E-state index contributed by atoms with van der Waals surface area (Å²) in [4.78, 5) is 2.03. The second-order valence-corrected chi connectivity index (χ2v) is 10.1. The van der Waals surface area contributed by atoms with E-state index in [2.05, 4.69) is 0 Å². The molecule has 3 heterocycles. The highest BCUT2D eigenvalue weighted by Gasteiger charge is 2.46. The molecule has 2 bridgehead atoms. The van der Waals surface area contributed by atoms with Crippen LogP contribution in [0.1, 0.15) is 51.4 Å². The normalized spacial score (nSPS) is 32.2. The monoisotopic (exact) mass is 397 g/mol. The van der Waals surface area contributed by atoms with Crippen LogP contribution in [-0.4, -0.2) is 67.3 Å². The highest BCUT2D eigenvalue weighted by molar-refractivity contribution is 7.89. The summed E-state index contributed by atoms with van der Waals surface area (Å²) in [5, 5.41) is 0. The van der Waals surface area contributed by atoms with Gasteiger partial charge in [0.15, 0.2) is 0 Å². The standard InChI is InChI=1S/C17H30F3N3O2S/c18-17(19,20)6-1-7-22-8-4-13(5-9-22)12-26(24,25)23-15-2-3-16(23)11-14(21)10-15/h13-16H,1-12,21H2/t14?,15-,16+. The van der Waals surface area contributed by atoms with Gasteiger partial charge >= 0.3 is 6.18 Å². The van der Waals surface area contributed by atoms with E-state index in [0.717, 1.165) is 38.5 Å². The van der Waals surface area contributed by atoms with Crippen LogP contribution < -0.4 is 5.73 Å². The molecular weight excluding hydrogens is 367 g/mol. The van der Waals surface area contributed by atoms with Gasteiger partial charge in [-0.05, 0) is 70.5 Å². The number of rotatable bonds is 6. The number of sulfonamides is 1. The van der Waals surface area contributed by atoms with Crippen LogP contribution in [0, 0.1) is 5.92 Å². The summed E-state index contributed by atoms with van der Waals surface area (Å²) in [5.74, 6) is 0.278. The molecule has 0 aromatic rings. The summed E-state index contributed by atoms with van der Waals surface area (Å²) >= 11 is 0. The topological polar surface area (TPSA) is 66.6 Å². The van der Waals surface area contributed by atoms with E-state index in [1.807, 2.05) is 4.90 Å². The van der Waals surface area contributed by atoms with Gasteiger partial charge in [0.25, 0.3) is 0 Å². The number of hydrogen-bond donors (Lipinski definition) is 1. The molecule has 26 heavy (non-hydrogen) atoms. The minimum atomic E-state index is -4.09. The molecule has 3 atom stereocenters. The predicted molar refractivity (Wildman–Crippen MR) is 94.1 cm³/mol. The summed E-state index contributed by atoms with van der Waals surface area (Å²) in [7, 11) is -3.29. The Kier molecular flexibility index (Phi) is 6.21. The molecule has 9 heteroatoms. The van der Waals surface area contributed by atoms with Crippen molar-refractivity contribution in [1.29, 1.82) is 0 Å². The maximum Gasteiger partial charge on any atom is 0.389 e. The number of alkyl halides is 3. The molecule has 3 rings (SSSR count). The third-order valence-corrected chi connectivity index (χ3v) is 8.24. The van der Waals surface area contributed by atoms with Crippen molar-refractivity contribution in [3.05, 3.63) is 0 Å². The molecule has 0 saturated carbocycles. The Bertz CT molecular complexity index is 562. The van der Waals surface area contributed by atoms with Crippen molar-refractivity contribution in [3.63, 3.8) is 0 Å². The first-order valence-electron chi connectivity index (χ1n) is 9.70. The van der Waals surface area contributed by atoms with Crippen molar-refractivity contribution in [1.82, 2.24) is 9.21 Å². The molecule has 3 aliphatic rings. The lowest BCUT2D eigenvalue weighted by molar-refractivity contribution is -0.136. The van der Waals surface area contributed by atoms with Crippen molar-refractivity contribution >= 4 is 10.0 Å². The highest BCUT2D eigenvalue weighted by Crippen LogP contribution is 2.38. The van der Waals surface area contributed by atoms with Crippen molar-refractivity contribution in [2.45, 2.75) is 75.7 Å². The van der Waals surface area contributed by atoms with Gasteiger partial charge in [-0.25, -0.2) is 8.42 Å². The zero-order chi connectivity index (χ0) is 18.9. The molecule has 3 saturated heterocycles. The molecule has 3 aliphatic heterocycles. The van der Waals surface area contributed by atoms with Crippen LogP contribution in [0.3, 0.4) is 0 Å². The molecule has 5 nitrogen and oxygen atoms in total. The van der Waals surface area contributed by atoms with Gasteiger partial charge in [-0.2, -0.15) is 17.5 Å². The molecule has 152 valence electrons. The van der Waals surface area contributed by atoms with Gasteiger partial charge in [0.05, 0.1) is 5.75 Å². The van der Waals surface area contributed by atoms with Gasteiger partial charge in [0.2, 0.25) is 10.0 Å². The first-order chi connectivity index (χ1) is 12.1. The Hall–Kier alpha value is -0.380. The molecule has 2 N–H and O–H groups in total. The Morgan fingerprint density at radius 2 is 1.58 bits per heavy atom. The van der Waals surface area contributed by atoms with E-state index in [1.54, 1.807) is 4.31 Å². The smallest absolute Gasteiger partial charge is 0.328 e. The fraction of sp³-hybridized carbons (Fsp3) is 1.00. The third-order valence-electron chi connectivity index (χ3n) is 6.11. The molecule has 0 aliphatic carbocycles. The van der Waals surface area contributed by atoms with Crippen LogP contribution in [0.25, 0.3) is 0 Å². The quantitative estimate of drug-likeness (QED) is 0.747. The molecule has 0 aromatic heterocycles. The highest BCUT2D eigenvalue weighted by atomic mass is 32.2. The lowest BCUT2D eigenvalue weighted by Gasteiger charge is -2.38. The second kappa shape index (κ2) is 7.93. The molecule has 0 radical (unpaired) electrons. The number of fused-ring (bicyclic) bond motifs is 2. The van der Waals surface area contributed by atoms with Crippen LogP contribution in [-0.2, 0) is 10.0 Å². The molecule has 0 aromatic carbocycles. The number of halogens is 3. The average molecular weight is 398 g/mol. The van der Waals surface area contributed by atoms with Crippen LogP contribution >= 0.6 is 0 Å². The van der Waals surface area contributed by atoms with Crippen molar-refractivity contribution in [2.24, 2.45) is 11.7 Å². The lowest BCUT2D eigenvalue weighted by Crippen LogP contribution is -2.51. The predicted octanol–water partition coefficient (Wildman–Crippen LogP) is 2.32. The van der Waals surface area contributed by atoms with Crippen LogP contribution in [0.2, 0.25) is 0 Å². The van der Waals surface area contributed by atoms with E-state index in [0.29, 0.717) is 19.6 Å². The van der Waals surface area contributed by atoms with Crippen LogP contribution in [0.5, 0.6) is 0 Å². The SMILES string of the molecule is NC1C[C@H]2CC[C@@H](C1)N2S(=O)(=O)CC1CCN(CCCC(F)(F)F)CC1. The third kappa shape index (κ3) is 5.11. The number of hydrogen-bond acceptors (Lipinski definition) is 4. The van der Waals surface area contributed by atoms with Crippen molar-refractivity contribution in [2.75, 3.05) is 25.4 Å². The van der Waals surface area contributed by atoms with E-state index in [9.17, 15) is 21.6 Å². The Labute approximate surface area is 154 Å². The number of nitrogens with two attached hydrogens (primary N) is 1. The van der Waals surface area contributed by atoms with Crippen molar-refractivity contribution in [3.8, 4) is 0 Å².